The Labute approximate surface area is 126 Å². The van der Waals surface area contributed by atoms with Gasteiger partial charge in [-0.15, -0.1) is 0 Å². The van der Waals surface area contributed by atoms with Crippen molar-refractivity contribution in [2.24, 2.45) is 5.73 Å². The van der Waals surface area contributed by atoms with Gasteiger partial charge in [-0.2, -0.15) is 0 Å². The largest absolute Gasteiger partial charge is 0.376 e. The number of nitrogens with two attached hydrogens (primary N) is 1. The number of ether oxygens (including phenoxy) is 1. The van der Waals surface area contributed by atoms with E-state index in [1.54, 1.807) is 0 Å². The van der Waals surface area contributed by atoms with E-state index in [1.807, 2.05) is 0 Å². The fraction of sp³-hybridized carbons (Fsp3) is 1.00. The highest BCUT2D eigenvalue weighted by Gasteiger charge is 2.28. The molecule has 1 rings (SSSR count). The van der Waals surface area contributed by atoms with Gasteiger partial charge in [0, 0.05) is 25.2 Å². The molecule has 0 aromatic rings. The molecule has 3 nitrogen and oxygen atoms in total. The van der Waals surface area contributed by atoms with Gasteiger partial charge in [-0.3, -0.25) is 4.90 Å². The van der Waals surface area contributed by atoms with Crippen LogP contribution in [0.1, 0.15) is 72.1 Å². The Morgan fingerprint density at radius 3 is 2.40 bits per heavy atom. The lowest BCUT2D eigenvalue weighted by molar-refractivity contribution is -0.0659. The maximum Gasteiger partial charge on any atom is 0.0674 e. The van der Waals surface area contributed by atoms with Crippen molar-refractivity contribution in [3.8, 4) is 0 Å². The fourth-order valence-electron chi connectivity index (χ4n) is 3.19. The van der Waals surface area contributed by atoms with Gasteiger partial charge >= 0.3 is 0 Å². The molecule has 3 heteroatoms. The molecule has 1 fully saturated rings. The third-order valence-corrected chi connectivity index (χ3v) is 4.54. The molecule has 1 aliphatic rings. The number of hydrogen-bond donors (Lipinski definition) is 1. The van der Waals surface area contributed by atoms with E-state index in [9.17, 15) is 0 Å². The van der Waals surface area contributed by atoms with Crippen LogP contribution in [-0.4, -0.2) is 42.8 Å². The van der Waals surface area contributed by atoms with Crippen LogP contribution in [0.15, 0.2) is 0 Å². The number of morpholine rings is 1. The van der Waals surface area contributed by atoms with Crippen molar-refractivity contribution in [3.63, 3.8) is 0 Å². The summed E-state index contributed by atoms with van der Waals surface area (Å²) < 4.78 is 5.71. The van der Waals surface area contributed by atoms with Gasteiger partial charge in [0.1, 0.15) is 0 Å². The molecule has 0 bridgehead atoms. The predicted molar refractivity (Wildman–Crippen MR) is 87.0 cm³/mol. The zero-order valence-corrected chi connectivity index (χ0v) is 13.9. The summed E-state index contributed by atoms with van der Waals surface area (Å²) in [7, 11) is 0. The number of rotatable bonds is 10. The van der Waals surface area contributed by atoms with E-state index in [0.717, 1.165) is 19.7 Å². The van der Waals surface area contributed by atoms with Crippen LogP contribution in [0.2, 0.25) is 0 Å². The van der Waals surface area contributed by atoms with Gasteiger partial charge in [0.05, 0.1) is 12.7 Å². The van der Waals surface area contributed by atoms with Crippen LogP contribution in [0, 0.1) is 0 Å². The first kappa shape index (κ1) is 17.9. The van der Waals surface area contributed by atoms with E-state index in [2.05, 4.69) is 25.7 Å². The zero-order valence-electron chi connectivity index (χ0n) is 13.9. The summed E-state index contributed by atoms with van der Waals surface area (Å²) in [5.74, 6) is 0. The van der Waals surface area contributed by atoms with Gasteiger partial charge in [-0.1, -0.05) is 51.9 Å². The van der Waals surface area contributed by atoms with Crippen molar-refractivity contribution < 1.29 is 4.74 Å². The average molecular weight is 284 g/mol. The second-order valence-corrected chi connectivity index (χ2v) is 6.49. The molecule has 0 amide bonds. The minimum Gasteiger partial charge on any atom is -0.376 e. The molecule has 0 aromatic heterocycles. The van der Waals surface area contributed by atoms with E-state index in [1.165, 1.54) is 51.4 Å². The quantitative estimate of drug-likeness (QED) is 0.623. The van der Waals surface area contributed by atoms with Crippen LogP contribution >= 0.6 is 0 Å². The van der Waals surface area contributed by atoms with Crippen LogP contribution in [0.5, 0.6) is 0 Å². The molecule has 3 atom stereocenters. The standard InChI is InChI=1S/C17H36N2O/c1-4-5-6-7-8-9-10-11-17(12-18)19-13-16(3)20-14-15(19)2/h15-17H,4-14,18H2,1-3H3. The van der Waals surface area contributed by atoms with E-state index in [4.69, 9.17) is 10.5 Å². The van der Waals surface area contributed by atoms with E-state index in [0.29, 0.717) is 18.2 Å². The Bertz CT molecular complexity index is 235. The van der Waals surface area contributed by atoms with Gasteiger partial charge in [0.15, 0.2) is 0 Å². The summed E-state index contributed by atoms with van der Waals surface area (Å²) in [5.41, 5.74) is 6.01. The summed E-state index contributed by atoms with van der Waals surface area (Å²) >= 11 is 0. The smallest absolute Gasteiger partial charge is 0.0674 e. The van der Waals surface area contributed by atoms with E-state index < -0.39 is 0 Å². The second kappa shape index (κ2) is 10.6. The summed E-state index contributed by atoms with van der Waals surface area (Å²) in [5, 5.41) is 0. The van der Waals surface area contributed by atoms with Crippen LogP contribution in [-0.2, 0) is 4.74 Å². The minimum absolute atomic E-state index is 0.356. The van der Waals surface area contributed by atoms with Gasteiger partial charge in [-0.25, -0.2) is 0 Å². The third kappa shape index (κ3) is 6.55. The SMILES string of the molecule is CCCCCCCCCC(CN)N1CC(C)OCC1C. The van der Waals surface area contributed by atoms with Crippen molar-refractivity contribution >= 4 is 0 Å². The summed E-state index contributed by atoms with van der Waals surface area (Å²) in [6, 6.07) is 1.07. The summed E-state index contributed by atoms with van der Waals surface area (Å²) in [4.78, 5) is 2.57. The molecule has 3 unspecified atom stereocenters. The van der Waals surface area contributed by atoms with Gasteiger partial charge in [0.25, 0.3) is 0 Å². The topological polar surface area (TPSA) is 38.5 Å². The summed E-state index contributed by atoms with van der Waals surface area (Å²) in [6.07, 6.45) is 11.3. The highest BCUT2D eigenvalue weighted by atomic mass is 16.5. The van der Waals surface area contributed by atoms with Crippen molar-refractivity contribution in [3.05, 3.63) is 0 Å². The molecule has 0 saturated carbocycles. The first-order valence-electron chi connectivity index (χ1n) is 8.76. The predicted octanol–water partition coefficient (Wildman–Crippen LogP) is 3.56. The maximum atomic E-state index is 6.01. The minimum atomic E-state index is 0.356. The van der Waals surface area contributed by atoms with Gasteiger partial charge in [0.2, 0.25) is 0 Å². The van der Waals surface area contributed by atoms with E-state index >= 15 is 0 Å². The Kier molecular flexibility index (Phi) is 9.49. The molecular formula is C17H36N2O. The summed E-state index contributed by atoms with van der Waals surface area (Å²) in [6.45, 7) is 9.39. The van der Waals surface area contributed by atoms with Crippen LogP contribution in [0.25, 0.3) is 0 Å². The van der Waals surface area contributed by atoms with Crippen molar-refractivity contribution in [1.29, 1.82) is 0 Å². The average Bonchev–Trinajstić information content (AvgIpc) is 2.45. The Morgan fingerprint density at radius 1 is 1.10 bits per heavy atom. The van der Waals surface area contributed by atoms with Crippen molar-refractivity contribution in [2.75, 3.05) is 19.7 Å². The number of unbranched alkanes of at least 4 members (excludes halogenated alkanes) is 6. The Hall–Kier alpha value is -0.120. The molecule has 1 aliphatic heterocycles. The van der Waals surface area contributed by atoms with E-state index in [-0.39, 0.29) is 0 Å². The second-order valence-electron chi connectivity index (χ2n) is 6.49. The molecule has 2 N–H and O–H groups in total. The van der Waals surface area contributed by atoms with Gasteiger partial charge in [-0.05, 0) is 20.3 Å². The van der Waals surface area contributed by atoms with Gasteiger partial charge < -0.3 is 10.5 Å². The molecular weight excluding hydrogens is 248 g/mol. The molecule has 120 valence electrons. The third-order valence-electron chi connectivity index (χ3n) is 4.54. The zero-order chi connectivity index (χ0) is 14.8. The molecule has 1 saturated heterocycles. The molecule has 1 heterocycles. The normalized spacial score (nSPS) is 25.8. The van der Waals surface area contributed by atoms with Crippen LogP contribution in [0.4, 0.5) is 0 Å². The van der Waals surface area contributed by atoms with Crippen molar-refractivity contribution in [2.45, 2.75) is 90.3 Å². The number of hydrogen-bond acceptors (Lipinski definition) is 3. The monoisotopic (exact) mass is 284 g/mol. The first-order chi connectivity index (χ1) is 9.69. The highest BCUT2D eigenvalue weighted by molar-refractivity contribution is 4.82. The lowest BCUT2D eigenvalue weighted by atomic mass is 10.0. The van der Waals surface area contributed by atoms with Crippen molar-refractivity contribution in [1.82, 2.24) is 4.90 Å². The van der Waals surface area contributed by atoms with Crippen LogP contribution in [0.3, 0.4) is 0 Å². The Balaban J connectivity index is 2.18. The van der Waals surface area contributed by atoms with Crippen LogP contribution < -0.4 is 5.73 Å². The molecule has 0 aliphatic carbocycles. The molecule has 0 spiro atoms. The maximum absolute atomic E-state index is 6.01. The lowest BCUT2D eigenvalue weighted by Crippen LogP contribution is -2.54. The highest BCUT2D eigenvalue weighted by Crippen LogP contribution is 2.19. The molecule has 0 aromatic carbocycles. The fourth-order valence-corrected chi connectivity index (χ4v) is 3.19. The molecule has 20 heavy (non-hydrogen) atoms. The Morgan fingerprint density at radius 2 is 1.75 bits per heavy atom. The molecule has 0 radical (unpaired) electrons. The number of nitrogens with zero attached hydrogens (tertiary/aromatic N) is 1. The lowest BCUT2D eigenvalue weighted by Gasteiger charge is -2.41. The first-order valence-corrected chi connectivity index (χ1v) is 8.76.